The van der Waals surface area contributed by atoms with Gasteiger partial charge in [-0.05, 0) is 26.1 Å². The van der Waals surface area contributed by atoms with E-state index < -0.39 is 0 Å². The van der Waals surface area contributed by atoms with Crippen molar-refractivity contribution in [3.63, 3.8) is 0 Å². The Hall–Kier alpha value is -1.01. The third-order valence-electron chi connectivity index (χ3n) is 3.64. The van der Waals surface area contributed by atoms with Crippen molar-refractivity contribution in [2.75, 3.05) is 44.3 Å². The summed E-state index contributed by atoms with van der Waals surface area (Å²) < 4.78 is 0. The predicted molar refractivity (Wildman–Crippen MR) is 88.0 cm³/mol. The first-order chi connectivity index (χ1) is 9.86. The van der Waals surface area contributed by atoms with Gasteiger partial charge in [-0.3, -0.25) is 9.69 Å². The zero-order chi connectivity index (χ0) is 15.6. The Morgan fingerprint density at radius 3 is 2.57 bits per heavy atom. The van der Waals surface area contributed by atoms with Crippen LogP contribution in [0.3, 0.4) is 0 Å². The van der Waals surface area contributed by atoms with Crippen LogP contribution in [0.1, 0.15) is 6.92 Å². The molecule has 0 aromatic heterocycles. The van der Waals surface area contributed by atoms with Crippen molar-refractivity contribution in [2.24, 2.45) is 0 Å². The first-order valence-electron chi connectivity index (χ1n) is 6.83. The van der Waals surface area contributed by atoms with E-state index in [0.717, 1.165) is 19.6 Å². The van der Waals surface area contributed by atoms with Crippen LogP contribution < -0.4 is 11.1 Å². The van der Waals surface area contributed by atoms with Crippen LogP contribution >= 0.6 is 23.2 Å². The fourth-order valence-electron chi connectivity index (χ4n) is 2.49. The van der Waals surface area contributed by atoms with Gasteiger partial charge in [0, 0.05) is 31.4 Å². The minimum absolute atomic E-state index is 0.125. The molecule has 2 rings (SSSR count). The highest BCUT2D eigenvalue weighted by Gasteiger charge is 2.23. The fourth-order valence-corrected chi connectivity index (χ4v) is 3.09. The van der Waals surface area contributed by atoms with Crippen molar-refractivity contribution in [1.29, 1.82) is 0 Å². The van der Waals surface area contributed by atoms with Crippen molar-refractivity contribution in [3.8, 4) is 0 Å². The molecule has 21 heavy (non-hydrogen) atoms. The second-order valence-electron chi connectivity index (χ2n) is 5.49. The van der Waals surface area contributed by atoms with Crippen molar-refractivity contribution in [1.82, 2.24) is 9.80 Å². The van der Waals surface area contributed by atoms with Crippen LogP contribution in [0.25, 0.3) is 0 Å². The molecule has 7 heteroatoms. The maximum absolute atomic E-state index is 12.2. The summed E-state index contributed by atoms with van der Waals surface area (Å²) in [5, 5.41) is 3.47. The largest absolute Gasteiger partial charge is 0.399 e. The Labute approximate surface area is 135 Å². The molecule has 1 aliphatic rings. The van der Waals surface area contributed by atoms with Crippen LogP contribution in [-0.2, 0) is 4.79 Å². The second kappa shape index (κ2) is 6.83. The Kier molecular flexibility index (Phi) is 5.32. The van der Waals surface area contributed by atoms with Gasteiger partial charge in [0.15, 0.2) is 0 Å². The zero-order valence-electron chi connectivity index (χ0n) is 12.2. The predicted octanol–water partition coefficient (Wildman–Crippen LogP) is 2.15. The number of nitrogens with zero attached hydrogens (tertiary/aromatic N) is 2. The summed E-state index contributed by atoms with van der Waals surface area (Å²) >= 11 is 12.1. The van der Waals surface area contributed by atoms with Gasteiger partial charge in [0.2, 0.25) is 5.91 Å². The number of carbonyl (C=O) groups is 1. The first kappa shape index (κ1) is 16.4. The van der Waals surface area contributed by atoms with Crippen molar-refractivity contribution >= 4 is 40.5 Å². The SMILES string of the molecule is CC1CN(C)CCN1CC(=O)Nc1c(Cl)cc(N)cc1Cl. The molecule has 5 nitrogen and oxygen atoms in total. The number of rotatable bonds is 3. The second-order valence-corrected chi connectivity index (χ2v) is 6.30. The molecule has 3 N–H and O–H groups in total. The number of nitrogens with two attached hydrogens (primary N) is 1. The summed E-state index contributed by atoms with van der Waals surface area (Å²) in [6.45, 7) is 5.23. The lowest BCUT2D eigenvalue weighted by Crippen LogP contribution is -2.52. The van der Waals surface area contributed by atoms with Gasteiger partial charge in [0.1, 0.15) is 0 Å². The van der Waals surface area contributed by atoms with Crippen LogP contribution in [-0.4, -0.2) is 55.0 Å². The molecule has 0 spiro atoms. The van der Waals surface area contributed by atoms with Gasteiger partial charge in [-0.15, -0.1) is 0 Å². The normalized spacial score (nSPS) is 20.5. The van der Waals surface area contributed by atoms with Crippen molar-refractivity contribution in [3.05, 3.63) is 22.2 Å². The molecular formula is C14H20Cl2N4O. The Morgan fingerprint density at radius 1 is 1.38 bits per heavy atom. The molecule has 116 valence electrons. The number of hydrogen-bond acceptors (Lipinski definition) is 4. The van der Waals surface area contributed by atoms with Crippen LogP contribution in [0.2, 0.25) is 10.0 Å². The van der Waals surface area contributed by atoms with E-state index in [9.17, 15) is 4.79 Å². The van der Waals surface area contributed by atoms with E-state index >= 15 is 0 Å². The summed E-state index contributed by atoms with van der Waals surface area (Å²) in [6.07, 6.45) is 0. The number of carbonyl (C=O) groups excluding carboxylic acids is 1. The van der Waals surface area contributed by atoms with Gasteiger partial charge in [0.05, 0.1) is 22.3 Å². The Balaban J connectivity index is 1.99. The van der Waals surface area contributed by atoms with Crippen LogP contribution in [0, 0.1) is 0 Å². The Morgan fingerprint density at radius 2 is 2.00 bits per heavy atom. The number of hydrogen-bond donors (Lipinski definition) is 2. The monoisotopic (exact) mass is 330 g/mol. The average molecular weight is 331 g/mol. The van der Waals surface area contributed by atoms with Gasteiger partial charge in [0.25, 0.3) is 0 Å². The molecule has 1 amide bonds. The van der Waals surface area contributed by atoms with Crippen molar-refractivity contribution < 1.29 is 4.79 Å². The highest BCUT2D eigenvalue weighted by atomic mass is 35.5. The molecule has 0 saturated carbocycles. The van der Waals surface area contributed by atoms with Gasteiger partial charge in [-0.1, -0.05) is 23.2 Å². The average Bonchev–Trinajstić information content (AvgIpc) is 2.37. The maximum Gasteiger partial charge on any atom is 0.238 e. The Bertz CT molecular complexity index is 515. The minimum Gasteiger partial charge on any atom is -0.399 e. The number of likely N-dealkylation sites (N-methyl/N-ethyl adjacent to an activating group) is 1. The van der Waals surface area contributed by atoms with E-state index in [1.807, 2.05) is 0 Å². The van der Waals surface area contributed by atoms with Gasteiger partial charge < -0.3 is 16.0 Å². The number of nitrogens with one attached hydrogen (secondary N) is 1. The van der Waals surface area contributed by atoms with Crippen LogP contribution in [0.15, 0.2) is 12.1 Å². The maximum atomic E-state index is 12.2. The molecule has 1 aromatic carbocycles. The molecule has 1 atom stereocenters. The molecule has 1 saturated heterocycles. The van der Waals surface area contributed by atoms with Crippen LogP contribution in [0.4, 0.5) is 11.4 Å². The third kappa shape index (κ3) is 4.23. The third-order valence-corrected chi connectivity index (χ3v) is 4.24. The summed E-state index contributed by atoms with van der Waals surface area (Å²) in [4.78, 5) is 16.6. The molecule has 1 heterocycles. The smallest absolute Gasteiger partial charge is 0.238 e. The summed E-state index contributed by atoms with van der Waals surface area (Å²) in [5.41, 5.74) is 6.53. The van der Waals surface area contributed by atoms with Gasteiger partial charge in [-0.25, -0.2) is 0 Å². The molecular weight excluding hydrogens is 311 g/mol. The fraction of sp³-hybridized carbons (Fsp3) is 0.500. The number of piperazine rings is 1. The molecule has 0 aliphatic carbocycles. The molecule has 1 unspecified atom stereocenters. The molecule has 0 bridgehead atoms. The summed E-state index contributed by atoms with van der Waals surface area (Å²) in [7, 11) is 2.09. The van der Waals surface area contributed by atoms with E-state index in [2.05, 4.69) is 29.1 Å². The number of amides is 1. The van der Waals surface area contributed by atoms with E-state index in [0.29, 0.717) is 34.0 Å². The quantitative estimate of drug-likeness (QED) is 0.833. The van der Waals surface area contributed by atoms with E-state index in [4.69, 9.17) is 28.9 Å². The lowest BCUT2D eigenvalue weighted by atomic mass is 10.2. The number of benzene rings is 1. The van der Waals surface area contributed by atoms with Crippen molar-refractivity contribution in [2.45, 2.75) is 13.0 Å². The minimum atomic E-state index is -0.125. The lowest BCUT2D eigenvalue weighted by Gasteiger charge is -2.37. The molecule has 1 fully saturated rings. The summed E-state index contributed by atoms with van der Waals surface area (Å²) in [6, 6.07) is 3.48. The molecule has 0 radical (unpaired) electrons. The molecule has 1 aliphatic heterocycles. The highest BCUT2D eigenvalue weighted by molar-refractivity contribution is 6.40. The topological polar surface area (TPSA) is 61.6 Å². The van der Waals surface area contributed by atoms with E-state index in [-0.39, 0.29) is 5.91 Å². The molecule has 1 aromatic rings. The zero-order valence-corrected chi connectivity index (χ0v) is 13.7. The first-order valence-corrected chi connectivity index (χ1v) is 7.59. The number of halogens is 2. The highest BCUT2D eigenvalue weighted by Crippen LogP contribution is 2.32. The van der Waals surface area contributed by atoms with Gasteiger partial charge >= 0.3 is 0 Å². The van der Waals surface area contributed by atoms with Crippen LogP contribution in [0.5, 0.6) is 0 Å². The van der Waals surface area contributed by atoms with E-state index in [1.54, 1.807) is 12.1 Å². The number of nitrogen functional groups attached to an aromatic ring is 1. The summed E-state index contributed by atoms with van der Waals surface area (Å²) in [5.74, 6) is -0.125. The van der Waals surface area contributed by atoms with Gasteiger partial charge in [-0.2, -0.15) is 0 Å². The standard InChI is InChI=1S/C14H20Cl2N4O/c1-9-7-19(2)3-4-20(9)8-13(21)18-14-11(15)5-10(17)6-12(14)16/h5-6,9H,3-4,7-8,17H2,1-2H3,(H,18,21). The number of anilines is 2. The van der Waals surface area contributed by atoms with E-state index in [1.165, 1.54) is 0 Å². The lowest BCUT2D eigenvalue weighted by molar-refractivity contribution is -0.118.